The third-order valence-corrected chi connectivity index (χ3v) is 13.6. The van der Waals surface area contributed by atoms with Gasteiger partial charge in [-0.15, -0.1) is 0 Å². The summed E-state index contributed by atoms with van der Waals surface area (Å²) in [6.45, 7) is 4.85. The molecule has 0 radical (unpaired) electrons. The third-order valence-electron chi connectivity index (χ3n) is 13.6. The van der Waals surface area contributed by atoms with Gasteiger partial charge in [0.15, 0.2) is 0 Å². The second-order valence-corrected chi connectivity index (χ2v) is 18.4. The molecule has 0 saturated carbocycles. The average Bonchev–Trinajstić information content (AvgIpc) is 3.87. The van der Waals surface area contributed by atoms with E-state index in [1.165, 1.54) is 6.07 Å². The fraction of sp³-hybridized carbons (Fsp3) is 0.0984. The number of halogens is 9. The Hall–Kier alpha value is -8.56. The topological polar surface area (TPSA) is 33.6 Å². The molecule has 0 aliphatic rings. The fourth-order valence-electron chi connectivity index (χ4n) is 10.3. The lowest BCUT2D eigenvalue weighted by Crippen LogP contribution is -2.05. The van der Waals surface area contributed by atoms with Gasteiger partial charge in [0.05, 0.1) is 61.8 Å². The van der Waals surface area contributed by atoms with Crippen molar-refractivity contribution in [1.29, 1.82) is 5.26 Å². The van der Waals surface area contributed by atoms with Crippen LogP contribution in [0.15, 0.2) is 176 Å². The summed E-state index contributed by atoms with van der Waals surface area (Å²) in [5.41, 5.74) is 7.68. The molecule has 0 unspecified atom stereocenters. The summed E-state index contributed by atoms with van der Waals surface area (Å²) in [6.07, 6.45) is -13.7. The minimum Gasteiger partial charge on any atom is -0.309 e. The van der Waals surface area contributed by atoms with Crippen LogP contribution in [0.2, 0.25) is 0 Å². The molecule has 12 heteroatoms. The van der Waals surface area contributed by atoms with E-state index in [0.29, 0.717) is 89.2 Å². The lowest BCUT2D eigenvalue weighted by atomic mass is 9.92. The maximum absolute atomic E-state index is 14.1. The van der Waals surface area contributed by atoms with Gasteiger partial charge in [0, 0.05) is 32.7 Å². The van der Waals surface area contributed by atoms with Crippen molar-refractivity contribution in [3.05, 3.63) is 215 Å². The molecule has 0 fully saturated rings. The van der Waals surface area contributed by atoms with Crippen LogP contribution >= 0.6 is 0 Å². The van der Waals surface area contributed by atoms with Crippen molar-refractivity contribution in [3.63, 3.8) is 0 Å². The summed E-state index contributed by atoms with van der Waals surface area (Å²) in [7, 11) is 0. The van der Waals surface area contributed by atoms with E-state index in [1.807, 2.05) is 106 Å². The number of benzene rings is 9. The van der Waals surface area contributed by atoms with Crippen molar-refractivity contribution >= 4 is 43.6 Å². The van der Waals surface area contributed by atoms with E-state index in [0.717, 1.165) is 69.0 Å². The van der Waals surface area contributed by atoms with E-state index in [-0.39, 0.29) is 0 Å². The van der Waals surface area contributed by atoms with Crippen molar-refractivity contribution < 1.29 is 39.5 Å². The number of nitrogens with zero attached hydrogens (tertiary/aromatic N) is 3. The normalized spacial score (nSPS) is 12.4. The molecular formula is C61H38F9N3. The maximum atomic E-state index is 14.1. The molecule has 360 valence electrons. The Bertz CT molecular complexity index is 4100. The lowest BCUT2D eigenvalue weighted by Gasteiger charge is -2.21. The van der Waals surface area contributed by atoms with Gasteiger partial charge in [0.2, 0.25) is 0 Å². The Morgan fingerprint density at radius 1 is 0.356 bits per heavy atom. The van der Waals surface area contributed by atoms with Crippen molar-refractivity contribution in [2.24, 2.45) is 0 Å². The molecule has 11 rings (SSSR count). The molecule has 0 spiro atoms. The van der Waals surface area contributed by atoms with Gasteiger partial charge < -0.3 is 9.13 Å². The molecule has 2 aromatic heterocycles. The highest BCUT2D eigenvalue weighted by Gasteiger charge is 2.33. The minimum atomic E-state index is -4.57. The van der Waals surface area contributed by atoms with Gasteiger partial charge >= 0.3 is 18.5 Å². The number of rotatable bonds is 6. The first-order chi connectivity index (χ1) is 34.7. The lowest BCUT2D eigenvalue weighted by molar-refractivity contribution is -0.138. The summed E-state index contributed by atoms with van der Waals surface area (Å²) >= 11 is 0. The van der Waals surface area contributed by atoms with Crippen LogP contribution in [0.1, 0.15) is 38.9 Å². The number of aromatic nitrogens is 2. The Morgan fingerprint density at radius 3 is 1.29 bits per heavy atom. The molecule has 3 nitrogen and oxygen atoms in total. The van der Waals surface area contributed by atoms with E-state index >= 15 is 0 Å². The number of fused-ring (bicyclic) bond motifs is 6. The molecule has 9 aromatic carbocycles. The molecule has 0 amide bonds. The number of alkyl halides is 9. The largest absolute Gasteiger partial charge is 0.416 e. The zero-order valence-electron chi connectivity index (χ0n) is 39.0. The number of hydrogen-bond donors (Lipinski definition) is 0. The number of nitriles is 1. The Balaban J connectivity index is 1.19. The van der Waals surface area contributed by atoms with Gasteiger partial charge in [0.1, 0.15) is 0 Å². The first-order valence-corrected chi connectivity index (χ1v) is 23.1. The van der Waals surface area contributed by atoms with Gasteiger partial charge in [-0.3, -0.25) is 0 Å². The van der Waals surface area contributed by atoms with E-state index < -0.39 is 35.2 Å². The molecule has 11 aromatic rings. The summed E-state index contributed by atoms with van der Waals surface area (Å²) in [5.74, 6) is 0. The molecule has 2 heterocycles. The number of hydrogen-bond acceptors (Lipinski definition) is 1. The number of aryl methyl sites for hydroxylation is 3. The highest BCUT2D eigenvalue weighted by atomic mass is 19.4. The van der Waals surface area contributed by atoms with Crippen LogP contribution in [0.3, 0.4) is 0 Å². The van der Waals surface area contributed by atoms with Crippen LogP contribution in [0.25, 0.3) is 99.5 Å². The highest BCUT2D eigenvalue weighted by molar-refractivity contribution is 6.13. The van der Waals surface area contributed by atoms with Crippen molar-refractivity contribution in [3.8, 4) is 62.0 Å². The average molecular weight is 984 g/mol. The summed E-state index contributed by atoms with van der Waals surface area (Å²) in [4.78, 5) is 0. The Morgan fingerprint density at radius 2 is 0.808 bits per heavy atom. The first-order valence-electron chi connectivity index (χ1n) is 23.1. The quantitative estimate of drug-likeness (QED) is 0.153. The van der Waals surface area contributed by atoms with E-state index in [1.54, 1.807) is 57.2 Å². The van der Waals surface area contributed by atoms with E-state index in [2.05, 4.69) is 6.07 Å². The Labute approximate surface area is 412 Å². The zero-order valence-corrected chi connectivity index (χ0v) is 39.0. The second-order valence-electron chi connectivity index (χ2n) is 18.4. The smallest absolute Gasteiger partial charge is 0.309 e. The minimum absolute atomic E-state index is 0.312. The fourth-order valence-corrected chi connectivity index (χ4v) is 10.3. The summed E-state index contributed by atoms with van der Waals surface area (Å²) in [5, 5.41) is 13.6. The first kappa shape index (κ1) is 46.8. The Kier molecular flexibility index (Phi) is 10.9. The summed E-state index contributed by atoms with van der Waals surface area (Å²) in [6, 6.07) is 51.0. The zero-order chi connectivity index (χ0) is 51.3. The van der Waals surface area contributed by atoms with Crippen molar-refractivity contribution in [1.82, 2.24) is 9.13 Å². The van der Waals surface area contributed by atoms with Crippen LogP contribution in [0.4, 0.5) is 39.5 Å². The van der Waals surface area contributed by atoms with Gasteiger partial charge in [-0.2, -0.15) is 44.8 Å². The molecule has 0 saturated heterocycles. The van der Waals surface area contributed by atoms with Gasteiger partial charge in [-0.1, -0.05) is 72.8 Å². The van der Waals surface area contributed by atoms with Crippen LogP contribution in [0, 0.1) is 32.1 Å². The number of para-hydroxylation sites is 2. The van der Waals surface area contributed by atoms with Gasteiger partial charge in [-0.05, 0) is 174 Å². The molecule has 0 atom stereocenters. The molecular weight excluding hydrogens is 946 g/mol. The van der Waals surface area contributed by atoms with E-state index in [9.17, 15) is 44.8 Å². The van der Waals surface area contributed by atoms with Crippen LogP contribution in [-0.2, 0) is 18.5 Å². The van der Waals surface area contributed by atoms with Crippen LogP contribution < -0.4 is 0 Å². The predicted octanol–water partition coefficient (Wildman–Crippen LogP) is 18.4. The summed E-state index contributed by atoms with van der Waals surface area (Å²) < 4.78 is 130. The molecule has 0 bridgehead atoms. The monoisotopic (exact) mass is 983 g/mol. The molecule has 0 aliphatic carbocycles. The molecule has 0 N–H and O–H groups in total. The SMILES string of the molecule is Cc1cc(-c2ccc3c(c2)c2ccccc2n3-c2ccc(C#N)cc2-c2cc(-c3ccc(C(F)(F)F)cc3C)ccc2-n2c3ccccc3c3cc(-c4cc(C)cc(C(F)(F)F)c4)ccc32)cc(C(F)(F)F)c1. The van der Waals surface area contributed by atoms with Gasteiger partial charge in [0.25, 0.3) is 0 Å². The standard InChI is InChI=1S/C61H38F9N3/c1-34-22-41(28-44(24-34)60(65,66)67)38-13-19-56-50(30-38)47-8-4-6-10-53(47)72(56)55-18-12-37(33-71)27-49(55)52-32-40(46-17-16-43(26-36(46)3)59(62,63)64)15-21-58(52)73-54-11-7-5-9-48(54)51-31-39(14-20-57(51)73)42-23-35(2)25-45(29-42)61(68,69)70/h4-32H,1-3H3. The predicted molar refractivity (Wildman–Crippen MR) is 271 cm³/mol. The van der Waals surface area contributed by atoms with Gasteiger partial charge in [-0.25, -0.2) is 0 Å². The van der Waals surface area contributed by atoms with Crippen molar-refractivity contribution in [2.45, 2.75) is 39.3 Å². The van der Waals surface area contributed by atoms with Crippen molar-refractivity contribution in [2.75, 3.05) is 0 Å². The maximum Gasteiger partial charge on any atom is 0.416 e. The van der Waals surface area contributed by atoms with E-state index in [4.69, 9.17) is 0 Å². The second kappa shape index (κ2) is 17.1. The molecule has 0 aliphatic heterocycles. The van der Waals surface area contributed by atoms with Crippen LogP contribution in [0.5, 0.6) is 0 Å². The van der Waals surface area contributed by atoms with Crippen LogP contribution in [-0.4, -0.2) is 9.13 Å². The third kappa shape index (κ3) is 8.24. The highest BCUT2D eigenvalue weighted by Crippen LogP contribution is 2.45. The molecule has 73 heavy (non-hydrogen) atoms.